The fourth-order valence-electron chi connectivity index (χ4n) is 1.76. The highest BCUT2D eigenvalue weighted by Gasteiger charge is 2.13. The van der Waals surface area contributed by atoms with E-state index in [-0.39, 0.29) is 23.5 Å². The summed E-state index contributed by atoms with van der Waals surface area (Å²) in [6.07, 6.45) is 0. The topological polar surface area (TPSA) is 76.7 Å². The maximum atomic E-state index is 11.6. The van der Waals surface area contributed by atoms with E-state index in [0.29, 0.717) is 16.7 Å². The van der Waals surface area contributed by atoms with E-state index in [9.17, 15) is 14.7 Å². The van der Waals surface area contributed by atoms with Crippen molar-refractivity contribution in [2.75, 3.05) is 7.11 Å². The number of Topliss-reactive ketones (excluding diaryl/α,β-unsaturated/α-hetero) is 1. The van der Waals surface area contributed by atoms with Crippen molar-refractivity contribution in [1.82, 2.24) is 0 Å². The number of carbonyl (C=O) groups excluding carboxylic acids is 1. The Morgan fingerprint density at radius 3 is 2.67 bits per heavy atom. The Balaban J connectivity index is 2.84. The van der Waals surface area contributed by atoms with E-state index in [1.807, 2.05) is 0 Å². The van der Waals surface area contributed by atoms with Crippen LogP contribution < -0.4 is 10.4 Å². The molecule has 5 heteroatoms. The van der Waals surface area contributed by atoms with Gasteiger partial charge in [-0.25, -0.2) is 4.79 Å². The van der Waals surface area contributed by atoms with Gasteiger partial charge in [-0.1, -0.05) is 0 Å². The molecule has 0 saturated heterocycles. The van der Waals surface area contributed by atoms with Gasteiger partial charge in [-0.2, -0.15) is 0 Å². The van der Waals surface area contributed by atoms with Crippen molar-refractivity contribution in [3.05, 3.63) is 39.7 Å². The number of rotatable bonds is 3. The number of hydrogen-bond donors (Lipinski definition) is 1. The van der Waals surface area contributed by atoms with Crippen LogP contribution in [0.1, 0.15) is 22.8 Å². The van der Waals surface area contributed by atoms with Gasteiger partial charge in [0.05, 0.1) is 13.7 Å². The lowest BCUT2D eigenvalue weighted by molar-refractivity contribution is 0.101. The summed E-state index contributed by atoms with van der Waals surface area (Å²) in [6, 6.07) is 4.67. The zero-order chi connectivity index (χ0) is 13.3. The summed E-state index contributed by atoms with van der Waals surface area (Å²) in [5.74, 6) is 0.161. The third kappa shape index (κ3) is 2.00. The highest BCUT2D eigenvalue weighted by molar-refractivity contribution is 5.97. The molecule has 0 atom stereocenters. The van der Waals surface area contributed by atoms with E-state index in [4.69, 9.17) is 9.15 Å². The van der Waals surface area contributed by atoms with E-state index in [2.05, 4.69) is 0 Å². The molecule has 0 amide bonds. The van der Waals surface area contributed by atoms with Gasteiger partial charge in [0.2, 0.25) is 0 Å². The molecule has 2 aromatic rings. The number of aliphatic hydroxyl groups is 1. The summed E-state index contributed by atoms with van der Waals surface area (Å²) < 4.78 is 10.2. The number of ether oxygens (including phenoxy) is 1. The molecule has 5 nitrogen and oxygen atoms in total. The van der Waals surface area contributed by atoms with Crippen LogP contribution in [0.25, 0.3) is 11.0 Å². The fraction of sp³-hybridized carbons (Fsp3) is 0.231. The molecule has 0 fully saturated rings. The molecule has 0 aliphatic carbocycles. The number of aliphatic hydroxyl groups excluding tert-OH is 1. The predicted molar refractivity (Wildman–Crippen MR) is 65.0 cm³/mol. The Morgan fingerprint density at radius 2 is 2.11 bits per heavy atom. The van der Waals surface area contributed by atoms with Gasteiger partial charge < -0.3 is 14.3 Å². The summed E-state index contributed by atoms with van der Waals surface area (Å²) >= 11 is 0. The van der Waals surface area contributed by atoms with Gasteiger partial charge in [-0.15, -0.1) is 0 Å². The van der Waals surface area contributed by atoms with Crippen LogP contribution in [0.4, 0.5) is 0 Å². The zero-order valence-corrected chi connectivity index (χ0v) is 10.0. The third-order valence-corrected chi connectivity index (χ3v) is 2.67. The Bertz CT molecular complexity index is 669. The third-order valence-electron chi connectivity index (χ3n) is 2.67. The van der Waals surface area contributed by atoms with Crippen LogP contribution in [0.2, 0.25) is 0 Å². The highest BCUT2D eigenvalue weighted by atomic mass is 16.5. The van der Waals surface area contributed by atoms with E-state index in [1.54, 1.807) is 12.1 Å². The number of benzene rings is 1. The minimum Gasteiger partial charge on any atom is -0.497 e. The Hall–Kier alpha value is -2.14. The second-order valence-electron chi connectivity index (χ2n) is 3.87. The second-order valence-corrected chi connectivity index (χ2v) is 3.87. The van der Waals surface area contributed by atoms with Gasteiger partial charge in [-0.3, -0.25) is 4.79 Å². The van der Waals surface area contributed by atoms with Gasteiger partial charge in [0.1, 0.15) is 16.9 Å². The monoisotopic (exact) mass is 248 g/mol. The van der Waals surface area contributed by atoms with Crippen molar-refractivity contribution in [2.24, 2.45) is 0 Å². The van der Waals surface area contributed by atoms with Crippen molar-refractivity contribution in [1.29, 1.82) is 0 Å². The lowest BCUT2D eigenvalue weighted by Crippen LogP contribution is -2.11. The smallest absolute Gasteiger partial charge is 0.347 e. The van der Waals surface area contributed by atoms with Crippen LogP contribution in [0.5, 0.6) is 5.75 Å². The molecule has 94 valence electrons. The molecular formula is C13H12O5. The predicted octanol–water partition coefficient (Wildman–Crippen LogP) is 1.50. The molecule has 0 radical (unpaired) electrons. The van der Waals surface area contributed by atoms with Crippen LogP contribution in [-0.4, -0.2) is 18.0 Å². The van der Waals surface area contributed by atoms with Gasteiger partial charge in [-0.05, 0) is 25.1 Å². The molecule has 1 heterocycles. The first-order valence-electron chi connectivity index (χ1n) is 5.33. The van der Waals surface area contributed by atoms with Crippen LogP contribution in [0.15, 0.2) is 27.4 Å². The summed E-state index contributed by atoms with van der Waals surface area (Å²) in [5, 5.41) is 9.79. The second kappa shape index (κ2) is 4.62. The molecule has 0 aliphatic heterocycles. The van der Waals surface area contributed by atoms with Crippen LogP contribution in [-0.2, 0) is 6.61 Å². The van der Waals surface area contributed by atoms with Crippen molar-refractivity contribution < 1.29 is 19.1 Å². The van der Waals surface area contributed by atoms with Gasteiger partial charge >= 0.3 is 5.63 Å². The SMILES string of the molecule is COc1cc(CO)c2oc(=O)c(C(C)=O)cc2c1. The number of carbonyl (C=O) groups is 1. The van der Waals surface area contributed by atoms with Crippen molar-refractivity contribution >= 4 is 16.8 Å². The molecule has 18 heavy (non-hydrogen) atoms. The van der Waals surface area contributed by atoms with Gasteiger partial charge in [0, 0.05) is 10.9 Å². The average Bonchev–Trinajstić information content (AvgIpc) is 2.36. The molecule has 0 saturated carbocycles. The Kier molecular flexibility index (Phi) is 3.16. The summed E-state index contributed by atoms with van der Waals surface area (Å²) in [6.45, 7) is 1.02. The van der Waals surface area contributed by atoms with Crippen molar-refractivity contribution in [2.45, 2.75) is 13.5 Å². The number of fused-ring (bicyclic) bond motifs is 1. The van der Waals surface area contributed by atoms with Crippen LogP contribution >= 0.6 is 0 Å². The van der Waals surface area contributed by atoms with E-state index < -0.39 is 5.63 Å². The normalized spacial score (nSPS) is 10.6. The summed E-state index contributed by atoms with van der Waals surface area (Å²) in [5.41, 5.74) is -0.000591. The molecule has 1 N–H and O–H groups in total. The first-order chi connectivity index (χ1) is 8.56. The van der Waals surface area contributed by atoms with E-state index in [0.717, 1.165) is 0 Å². The first kappa shape index (κ1) is 12.3. The Labute approximate surface area is 103 Å². The van der Waals surface area contributed by atoms with E-state index >= 15 is 0 Å². The molecule has 1 aromatic carbocycles. The maximum Gasteiger partial charge on any atom is 0.347 e. The number of ketones is 1. The highest BCUT2D eigenvalue weighted by Crippen LogP contribution is 2.25. The van der Waals surface area contributed by atoms with Crippen LogP contribution in [0.3, 0.4) is 0 Å². The first-order valence-corrected chi connectivity index (χ1v) is 5.33. The Morgan fingerprint density at radius 1 is 1.39 bits per heavy atom. The number of methoxy groups -OCH3 is 1. The van der Waals surface area contributed by atoms with Gasteiger partial charge in [0.25, 0.3) is 0 Å². The lowest BCUT2D eigenvalue weighted by Gasteiger charge is -2.07. The average molecular weight is 248 g/mol. The molecule has 2 rings (SSSR count). The maximum absolute atomic E-state index is 11.6. The largest absolute Gasteiger partial charge is 0.497 e. The molecule has 0 bridgehead atoms. The summed E-state index contributed by atoms with van der Waals surface area (Å²) in [7, 11) is 1.49. The molecule has 0 unspecified atom stereocenters. The molecular weight excluding hydrogens is 236 g/mol. The van der Waals surface area contributed by atoms with Gasteiger partial charge in [0.15, 0.2) is 5.78 Å². The molecule has 0 spiro atoms. The van der Waals surface area contributed by atoms with Crippen molar-refractivity contribution in [3.8, 4) is 5.75 Å². The zero-order valence-electron chi connectivity index (χ0n) is 10.0. The fourth-order valence-corrected chi connectivity index (χ4v) is 1.76. The summed E-state index contributed by atoms with van der Waals surface area (Å²) in [4.78, 5) is 22.9. The minimum absolute atomic E-state index is 0.0142. The molecule has 0 aliphatic rings. The molecule has 1 aromatic heterocycles. The number of hydrogen-bond acceptors (Lipinski definition) is 5. The standard InChI is InChI=1S/C13H12O5/c1-7(15)11-5-8-3-10(17-2)4-9(6-14)12(8)18-13(11)16/h3-5,14H,6H2,1-2H3. The van der Waals surface area contributed by atoms with Crippen LogP contribution in [0, 0.1) is 0 Å². The van der Waals surface area contributed by atoms with E-state index in [1.165, 1.54) is 20.1 Å². The minimum atomic E-state index is -0.699. The van der Waals surface area contributed by atoms with Crippen molar-refractivity contribution in [3.63, 3.8) is 0 Å². The lowest BCUT2D eigenvalue weighted by atomic mass is 10.1. The quantitative estimate of drug-likeness (QED) is 0.658.